The first-order chi connectivity index (χ1) is 9.40. The van der Waals surface area contributed by atoms with Crippen molar-refractivity contribution in [3.05, 3.63) is 18.2 Å². The van der Waals surface area contributed by atoms with Gasteiger partial charge in [-0.1, -0.05) is 0 Å². The Morgan fingerprint density at radius 3 is 2.53 bits per heavy atom. The van der Waals surface area contributed by atoms with Gasteiger partial charge in [0.25, 0.3) is 0 Å². The van der Waals surface area contributed by atoms with Crippen LogP contribution in [0.4, 0.5) is 5.69 Å². The van der Waals surface area contributed by atoms with Gasteiger partial charge >= 0.3 is 0 Å². The molecule has 0 atom stereocenters. The highest BCUT2D eigenvalue weighted by Gasteiger charge is 2.28. The predicted molar refractivity (Wildman–Crippen MR) is 73.0 cm³/mol. The first-order valence-corrected chi connectivity index (χ1v) is 6.99. The molecule has 5 nitrogen and oxygen atoms in total. The van der Waals surface area contributed by atoms with Gasteiger partial charge in [-0.15, -0.1) is 0 Å². The standard InChI is InChI=1S/C14H19N3O2/c1-2-13-14(19-10-18-13)7-11(1)16-3-5-17(6-4-16)12-8-15-9-12/h1-2,7,12,15H,3-6,8-10H2. The second-order valence-electron chi connectivity index (χ2n) is 5.37. The molecule has 0 bridgehead atoms. The molecule has 1 aromatic rings. The van der Waals surface area contributed by atoms with Gasteiger partial charge in [0.15, 0.2) is 11.5 Å². The maximum Gasteiger partial charge on any atom is 0.231 e. The molecule has 3 heterocycles. The summed E-state index contributed by atoms with van der Waals surface area (Å²) in [6, 6.07) is 7.01. The van der Waals surface area contributed by atoms with E-state index >= 15 is 0 Å². The molecule has 0 aliphatic carbocycles. The van der Waals surface area contributed by atoms with Crippen LogP contribution in [0.25, 0.3) is 0 Å². The summed E-state index contributed by atoms with van der Waals surface area (Å²) in [5.74, 6) is 1.74. The molecule has 1 N–H and O–H groups in total. The molecule has 102 valence electrons. The molecule has 3 aliphatic rings. The minimum Gasteiger partial charge on any atom is -0.454 e. The van der Waals surface area contributed by atoms with Crippen LogP contribution >= 0.6 is 0 Å². The lowest BCUT2D eigenvalue weighted by Gasteiger charge is -2.43. The number of anilines is 1. The summed E-state index contributed by atoms with van der Waals surface area (Å²) in [6.07, 6.45) is 0. The third kappa shape index (κ3) is 2.03. The Labute approximate surface area is 113 Å². The van der Waals surface area contributed by atoms with Crippen molar-refractivity contribution in [2.24, 2.45) is 0 Å². The number of ether oxygens (including phenoxy) is 2. The molecule has 0 amide bonds. The molecule has 2 saturated heterocycles. The molecular weight excluding hydrogens is 242 g/mol. The summed E-state index contributed by atoms with van der Waals surface area (Å²) in [6.45, 7) is 7.16. The van der Waals surface area contributed by atoms with E-state index in [2.05, 4.69) is 27.2 Å². The fourth-order valence-electron chi connectivity index (χ4n) is 2.96. The second kappa shape index (κ2) is 4.58. The molecule has 0 saturated carbocycles. The van der Waals surface area contributed by atoms with E-state index in [9.17, 15) is 0 Å². The Hall–Kier alpha value is -1.46. The average Bonchev–Trinajstić information content (AvgIpc) is 2.85. The lowest BCUT2D eigenvalue weighted by Crippen LogP contribution is -2.61. The summed E-state index contributed by atoms with van der Waals surface area (Å²) < 4.78 is 10.8. The van der Waals surface area contributed by atoms with Crippen LogP contribution < -0.4 is 19.7 Å². The topological polar surface area (TPSA) is 37.0 Å². The monoisotopic (exact) mass is 261 g/mol. The fraction of sp³-hybridized carbons (Fsp3) is 0.571. The number of nitrogens with zero attached hydrogens (tertiary/aromatic N) is 2. The molecule has 0 radical (unpaired) electrons. The van der Waals surface area contributed by atoms with Crippen molar-refractivity contribution >= 4 is 5.69 Å². The van der Waals surface area contributed by atoms with E-state index in [-0.39, 0.29) is 0 Å². The number of piperazine rings is 1. The van der Waals surface area contributed by atoms with E-state index in [0.717, 1.165) is 56.8 Å². The smallest absolute Gasteiger partial charge is 0.231 e. The third-order valence-corrected chi connectivity index (χ3v) is 4.31. The van der Waals surface area contributed by atoms with Gasteiger partial charge in [0.05, 0.1) is 0 Å². The number of hydrogen-bond acceptors (Lipinski definition) is 5. The molecule has 0 spiro atoms. The summed E-state index contributed by atoms with van der Waals surface area (Å²) in [7, 11) is 0. The zero-order chi connectivity index (χ0) is 12.7. The molecule has 4 rings (SSSR count). The number of hydrogen-bond donors (Lipinski definition) is 1. The summed E-state index contributed by atoms with van der Waals surface area (Å²) >= 11 is 0. The van der Waals surface area contributed by atoms with Gasteiger partial charge in [-0.2, -0.15) is 0 Å². The second-order valence-corrected chi connectivity index (χ2v) is 5.37. The Balaban J connectivity index is 1.43. The van der Waals surface area contributed by atoms with Crippen molar-refractivity contribution in [3.8, 4) is 11.5 Å². The van der Waals surface area contributed by atoms with Crippen LogP contribution in [0.2, 0.25) is 0 Å². The van der Waals surface area contributed by atoms with Crippen molar-refractivity contribution in [1.82, 2.24) is 10.2 Å². The SMILES string of the molecule is c1cc2c(cc1N1CCN(C3CNC3)CC1)OCO2. The van der Waals surface area contributed by atoms with Crippen LogP contribution in [0.15, 0.2) is 18.2 Å². The maximum atomic E-state index is 5.45. The van der Waals surface area contributed by atoms with Gasteiger partial charge in [0.2, 0.25) is 6.79 Å². The zero-order valence-electron chi connectivity index (χ0n) is 11.0. The van der Waals surface area contributed by atoms with Crippen molar-refractivity contribution in [1.29, 1.82) is 0 Å². The lowest BCUT2D eigenvalue weighted by atomic mass is 10.1. The van der Waals surface area contributed by atoms with Crippen molar-refractivity contribution in [2.45, 2.75) is 6.04 Å². The summed E-state index contributed by atoms with van der Waals surface area (Å²) in [5, 5.41) is 3.34. The number of nitrogens with one attached hydrogen (secondary N) is 1. The van der Waals surface area contributed by atoms with Crippen LogP contribution in [0, 0.1) is 0 Å². The van der Waals surface area contributed by atoms with E-state index in [4.69, 9.17) is 9.47 Å². The van der Waals surface area contributed by atoms with Gasteiger partial charge < -0.3 is 19.7 Å². The van der Waals surface area contributed by atoms with E-state index in [0.29, 0.717) is 6.79 Å². The van der Waals surface area contributed by atoms with Crippen molar-refractivity contribution in [2.75, 3.05) is 51.0 Å². The first kappa shape index (κ1) is 11.4. The lowest BCUT2D eigenvalue weighted by molar-refractivity contribution is 0.138. The molecule has 0 aromatic heterocycles. The summed E-state index contributed by atoms with van der Waals surface area (Å²) in [5.41, 5.74) is 1.25. The highest BCUT2D eigenvalue weighted by Crippen LogP contribution is 2.35. The average molecular weight is 261 g/mol. The highest BCUT2D eigenvalue weighted by molar-refractivity contribution is 5.57. The van der Waals surface area contributed by atoms with Crippen LogP contribution in [-0.4, -0.2) is 57.0 Å². The van der Waals surface area contributed by atoms with Gasteiger partial charge in [-0.25, -0.2) is 0 Å². The fourth-order valence-corrected chi connectivity index (χ4v) is 2.96. The van der Waals surface area contributed by atoms with Crippen LogP contribution in [0.1, 0.15) is 0 Å². The largest absolute Gasteiger partial charge is 0.454 e. The summed E-state index contributed by atoms with van der Waals surface area (Å²) in [4.78, 5) is 5.03. The number of rotatable bonds is 2. The minimum atomic E-state index is 0.348. The van der Waals surface area contributed by atoms with Crippen molar-refractivity contribution < 1.29 is 9.47 Å². The first-order valence-electron chi connectivity index (χ1n) is 6.99. The van der Waals surface area contributed by atoms with Crippen molar-refractivity contribution in [3.63, 3.8) is 0 Å². The van der Waals surface area contributed by atoms with E-state index < -0.39 is 0 Å². The maximum absolute atomic E-state index is 5.45. The van der Waals surface area contributed by atoms with Crippen LogP contribution in [0.3, 0.4) is 0 Å². The van der Waals surface area contributed by atoms with Gasteiger partial charge in [-0.05, 0) is 12.1 Å². The Morgan fingerprint density at radius 1 is 1.00 bits per heavy atom. The van der Waals surface area contributed by atoms with Crippen LogP contribution in [0.5, 0.6) is 11.5 Å². The molecule has 2 fully saturated rings. The Kier molecular flexibility index (Phi) is 2.74. The number of benzene rings is 1. The predicted octanol–water partition coefficient (Wildman–Crippen LogP) is 0.509. The third-order valence-electron chi connectivity index (χ3n) is 4.31. The Bertz CT molecular complexity index is 468. The van der Waals surface area contributed by atoms with Crippen LogP contribution in [-0.2, 0) is 0 Å². The number of fused-ring (bicyclic) bond motifs is 1. The van der Waals surface area contributed by atoms with E-state index in [1.54, 1.807) is 0 Å². The minimum absolute atomic E-state index is 0.348. The van der Waals surface area contributed by atoms with E-state index in [1.807, 2.05) is 6.07 Å². The normalized spacial score (nSPS) is 23.5. The zero-order valence-corrected chi connectivity index (χ0v) is 11.0. The molecule has 0 unspecified atom stereocenters. The van der Waals surface area contributed by atoms with Gasteiger partial charge in [-0.3, -0.25) is 4.90 Å². The molecule has 3 aliphatic heterocycles. The molecule has 1 aromatic carbocycles. The molecule has 5 heteroatoms. The van der Waals surface area contributed by atoms with Gasteiger partial charge in [0.1, 0.15) is 0 Å². The Morgan fingerprint density at radius 2 is 1.79 bits per heavy atom. The molecule has 19 heavy (non-hydrogen) atoms. The highest BCUT2D eigenvalue weighted by atomic mass is 16.7. The van der Waals surface area contributed by atoms with E-state index in [1.165, 1.54) is 5.69 Å². The van der Waals surface area contributed by atoms with Gasteiger partial charge in [0, 0.05) is 57.1 Å². The quantitative estimate of drug-likeness (QED) is 0.839. The molecular formula is C14H19N3O2.